The molecular weight excluding hydrogens is 316 g/mol. The summed E-state index contributed by atoms with van der Waals surface area (Å²) in [6, 6.07) is 0. The fourth-order valence-corrected chi connectivity index (χ4v) is 1.36. The quantitative estimate of drug-likeness (QED) is 0.362. The van der Waals surface area contributed by atoms with Gasteiger partial charge in [-0.25, -0.2) is 0 Å². The van der Waals surface area contributed by atoms with Crippen LogP contribution in [-0.2, 0) is 18.9 Å². The molecule has 1 unspecified atom stereocenters. The van der Waals surface area contributed by atoms with Crippen LogP contribution in [0.2, 0.25) is 0 Å². The van der Waals surface area contributed by atoms with Crippen molar-refractivity contribution in [1.29, 1.82) is 0 Å². The number of halogens is 1. The lowest BCUT2D eigenvalue weighted by Crippen LogP contribution is -2.19. The average molecular weight is 343 g/mol. The molecule has 19 heavy (non-hydrogen) atoms. The molecule has 0 aromatic carbocycles. The Labute approximate surface area is 124 Å². The minimum atomic E-state index is -0.448. The second-order valence-corrected chi connectivity index (χ2v) is 4.72. The van der Waals surface area contributed by atoms with Gasteiger partial charge in [0.2, 0.25) is 0 Å². The zero-order valence-corrected chi connectivity index (χ0v) is 13.4. The summed E-state index contributed by atoms with van der Waals surface area (Å²) >= 11 is 3.16. The number of rotatable bonds is 15. The van der Waals surface area contributed by atoms with E-state index < -0.39 is 6.10 Å². The summed E-state index contributed by atoms with van der Waals surface area (Å²) < 4.78 is 21.2. The molecule has 0 aliphatic rings. The Balaban J connectivity index is 2.95. The van der Waals surface area contributed by atoms with E-state index in [1.807, 2.05) is 0 Å². The highest BCUT2D eigenvalue weighted by Crippen LogP contribution is 1.91. The van der Waals surface area contributed by atoms with E-state index in [0.717, 1.165) is 19.4 Å². The van der Waals surface area contributed by atoms with Crippen molar-refractivity contribution in [2.24, 2.45) is 0 Å². The van der Waals surface area contributed by atoms with Crippen molar-refractivity contribution in [2.45, 2.75) is 25.9 Å². The van der Waals surface area contributed by atoms with E-state index in [9.17, 15) is 5.11 Å². The summed E-state index contributed by atoms with van der Waals surface area (Å²) in [5.74, 6) is 0. The van der Waals surface area contributed by atoms with Crippen LogP contribution in [0.25, 0.3) is 0 Å². The summed E-state index contributed by atoms with van der Waals surface area (Å²) in [6.07, 6.45) is 1.81. The van der Waals surface area contributed by atoms with Crippen LogP contribution in [0.15, 0.2) is 0 Å². The van der Waals surface area contributed by atoms with Gasteiger partial charge in [-0.15, -0.1) is 0 Å². The van der Waals surface area contributed by atoms with Gasteiger partial charge in [-0.2, -0.15) is 0 Å². The van der Waals surface area contributed by atoms with Gasteiger partial charge in [0.05, 0.1) is 52.4 Å². The van der Waals surface area contributed by atoms with Crippen molar-refractivity contribution in [3.8, 4) is 0 Å². The Bertz CT molecular complexity index is 171. The van der Waals surface area contributed by atoms with E-state index in [1.165, 1.54) is 0 Å². The molecule has 0 saturated heterocycles. The topological polar surface area (TPSA) is 57.2 Å². The van der Waals surface area contributed by atoms with E-state index in [1.54, 1.807) is 0 Å². The van der Waals surface area contributed by atoms with Crippen LogP contribution in [-0.4, -0.2) is 69.4 Å². The largest absolute Gasteiger partial charge is 0.390 e. The summed E-state index contributed by atoms with van der Waals surface area (Å²) in [4.78, 5) is 0. The molecule has 0 amide bonds. The van der Waals surface area contributed by atoms with Crippen molar-refractivity contribution in [3.63, 3.8) is 0 Å². The standard InChI is InChI=1S/C13H27BrO5/c1-2-3-4-16-5-6-17-7-8-18-9-10-19-12-13(15)11-14/h13,15H,2-12H2,1H3. The Morgan fingerprint density at radius 2 is 1.32 bits per heavy atom. The molecule has 0 rings (SSSR count). The first-order valence-electron chi connectivity index (χ1n) is 6.86. The minimum absolute atomic E-state index is 0.334. The molecule has 0 radical (unpaired) electrons. The number of hydrogen-bond acceptors (Lipinski definition) is 5. The van der Waals surface area contributed by atoms with Crippen molar-refractivity contribution in [3.05, 3.63) is 0 Å². The summed E-state index contributed by atoms with van der Waals surface area (Å²) in [7, 11) is 0. The van der Waals surface area contributed by atoms with Crippen LogP contribution in [0.4, 0.5) is 0 Å². The maximum atomic E-state index is 9.19. The molecule has 0 spiro atoms. The molecule has 1 atom stereocenters. The lowest BCUT2D eigenvalue weighted by atomic mass is 10.4. The number of unbranched alkanes of at least 4 members (excludes halogenated alkanes) is 1. The molecule has 0 aromatic rings. The molecule has 0 aromatic heterocycles. The number of hydrogen-bond donors (Lipinski definition) is 1. The van der Waals surface area contributed by atoms with Crippen LogP contribution in [0.1, 0.15) is 19.8 Å². The fourth-order valence-electron chi connectivity index (χ4n) is 1.17. The third kappa shape index (κ3) is 16.2. The molecule has 0 bridgehead atoms. The van der Waals surface area contributed by atoms with Crippen molar-refractivity contribution >= 4 is 15.9 Å². The van der Waals surface area contributed by atoms with Gasteiger partial charge < -0.3 is 24.1 Å². The van der Waals surface area contributed by atoms with Gasteiger partial charge in [-0.1, -0.05) is 29.3 Å². The second kappa shape index (κ2) is 16.3. The van der Waals surface area contributed by atoms with E-state index in [4.69, 9.17) is 18.9 Å². The monoisotopic (exact) mass is 342 g/mol. The maximum Gasteiger partial charge on any atom is 0.0870 e. The van der Waals surface area contributed by atoms with E-state index >= 15 is 0 Å². The number of aliphatic hydroxyl groups is 1. The van der Waals surface area contributed by atoms with Crippen molar-refractivity contribution in [1.82, 2.24) is 0 Å². The number of aliphatic hydroxyl groups excluding tert-OH is 1. The third-order valence-electron chi connectivity index (χ3n) is 2.25. The van der Waals surface area contributed by atoms with Crippen LogP contribution in [0, 0.1) is 0 Å². The molecule has 6 heteroatoms. The van der Waals surface area contributed by atoms with E-state index in [0.29, 0.717) is 51.6 Å². The molecule has 0 aliphatic heterocycles. The predicted molar refractivity (Wildman–Crippen MR) is 78.0 cm³/mol. The van der Waals surface area contributed by atoms with Gasteiger partial charge in [-0.05, 0) is 6.42 Å². The van der Waals surface area contributed by atoms with Crippen LogP contribution in [0.3, 0.4) is 0 Å². The van der Waals surface area contributed by atoms with Crippen LogP contribution >= 0.6 is 15.9 Å². The first-order valence-corrected chi connectivity index (χ1v) is 7.98. The fraction of sp³-hybridized carbons (Fsp3) is 1.00. The summed E-state index contributed by atoms with van der Waals surface area (Å²) in [5, 5.41) is 9.72. The highest BCUT2D eigenvalue weighted by molar-refractivity contribution is 9.09. The van der Waals surface area contributed by atoms with Gasteiger partial charge >= 0.3 is 0 Å². The Morgan fingerprint density at radius 1 is 0.842 bits per heavy atom. The van der Waals surface area contributed by atoms with Gasteiger partial charge in [0.15, 0.2) is 0 Å². The molecule has 5 nitrogen and oxygen atoms in total. The molecule has 1 N–H and O–H groups in total. The SMILES string of the molecule is CCCCOCCOCCOCCOCC(O)CBr. The zero-order valence-electron chi connectivity index (χ0n) is 11.8. The Morgan fingerprint density at radius 3 is 1.79 bits per heavy atom. The summed E-state index contributed by atoms with van der Waals surface area (Å²) in [6.45, 7) is 6.68. The van der Waals surface area contributed by atoms with Gasteiger partial charge in [0.25, 0.3) is 0 Å². The maximum absolute atomic E-state index is 9.19. The van der Waals surface area contributed by atoms with Crippen LogP contribution in [0.5, 0.6) is 0 Å². The first-order chi connectivity index (χ1) is 9.31. The Hall–Kier alpha value is 0.280. The highest BCUT2D eigenvalue weighted by atomic mass is 79.9. The summed E-state index contributed by atoms with van der Waals surface area (Å²) in [5.41, 5.74) is 0. The molecule has 0 fully saturated rings. The lowest BCUT2D eigenvalue weighted by Gasteiger charge is -2.09. The first kappa shape index (κ1) is 19.3. The Kier molecular flexibility index (Phi) is 16.6. The minimum Gasteiger partial charge on any atom is -0.390 e. The number of ether oxygens (including phenoxy) is 4. The normalized spacial score (nSPS) is 12.8. The predicted octanol–water partition coefficient (Wildman–Crippen LogP) is 1.61. The number of alkyl halides is 1. The smallest absolute Gasteiger partial charge is 0.0870 e. The molecule has 0 aliphatic carbocycles. The van der Waals surface area contributed by atoms with E-state index in [2.05, 4.69) is 22.9 Å². The molecule has 0 saturated carbocycles. The average Bonchev–Trinajstić information content (AvgIpc) is 2.43. The second-order valence-electron chi connectivity index (χ2n) is 4.07. The van der Waals surface area contributed by atoms with Gasteiger partial charge in [-0.3, -0.25) is 0 Å². The molecule has 116 valence electrons. The van der Waals surface area contributed by atoms with Crippen LogP contribution < -0.4 is 0 Å². The third-order valence-corrected chi connectivity index (χ3v) is 2.99. The molecule has 0 heterocycles. The van der Waals surface area contributed by atoms with Crippen molar-refractivity contribution < 1.29 is 24.1 Å². The highest BCUT2D eigenvalue weighted by Gasteiger charge is 2.00. The van der Waals surface area contributed by atoms with E-state index in [-0.39, 0.29) is 0 Å². The van der Waals surface area contributed by atoms with Crippen molar-refractivity contribution in [2.75, 3.05) is 58.2 Å². The van der Waals surface area contributed by atoms with Gasteiger partial charge in [0, 0.05) is 11.9 Å². The van der Waals surface area contributed by atoms with Gasteiger partial charge in [0.1, 0.15) is 0 Å². The molecular formula is C13H27BrO5. The zero-order chi connectivity index (χ0) is 14.2. The lowest BCUT2D eigenvalue weighted by molar-refractivity contribution is -0.0135.